The molecule has 2 aromatic carbocycles. The fourth-order valence-corrected chi connectivity index (χ4v) is 3.60. The van der Waals surface area contributed by atoms with E-state index < -0.39 is 12.1 Å². The van der Waals surface area contributed by atoms with Gasteiger partial charge >= 0.3 is 5.97 Å². The zero-order valence-electron chi connectivity index (χ0n) is 16.1. The lowest BCUT2D eigenvalue weighted by atomic mass is 10.1. The summed E-state index contributed by atoms with van der Waals surface area (Å²) in [5, 5.41) is 11.5. The van der Waals surface area contributed by atoms with E-state index in [9.17, 15) is 4.79 Å². The van der Waals surface area contributed by atoms with E-state index in [0.29, 0.717) is 19.6 Å². The number of hydrogen-bond acceptors (Lipinski definition) is 4. The van der Waals surface area contributed by atoms with Gasteiger partial charge in [-0.05, 0) is 29.8 Å². The summed E-state index contributed by atoms with van der Waals surface area (Å²) in [4.78, 5) is 15.4. The summed E-state index contributed by atoms with van der Waals surface area (Å²) in [5.74, 6) is -0.217. The Morgan fingerprint density at radius 1 is 1.07 bits per heavy atom. The maximum absolute atomic E-state index is 11.1. The second kappa shape index (κ2) is 8.32. The minimum atomic E-state index is -0.964. The third kappa shape index (κ3) is 3.93. The number of rotatable bonds is 8. The van der Waals surface area contributed by atoms with E-state index in [-0.39, 0.29) is 0 Å². The number of carboxylic acids is 1. The first-order chi connectivity index (χ1) is 14.2. The van der Waals surface area contributed by atoms with Gasteiger partial charge in [0.25, 0.3) is 0 Å². The lowest BCUT2D eigenvalue weighted by Gasteiger charge is -2.12. The predicted molar refractivity (Wildman–Crippen MR) is 111 cm³/mol. The number of carbonyl (C=O) groups is 1. The van der Waals surface area contributed by atoms with Gasteiger partial charge in [-0.3, -0.25) is 4.98 Å². The standard InChI is InChI=1S/C23H22N2O4/c1-28-22(23(26)27)14-16-6-8-17(9-7-16)29-13-12-25-20-5-3-2-4-18(20)19-10-11-24-15-21(19)25/h2-11,15,22H,12-14H2,1H3,(H,26,27)/t22-/m0/s1. The lowest BCUT2D eigenvalue weighted by molar-refractivity contribution is -0.148. The van der Waals surface area contributed by atoms with E-state index in [1.165, 1.54) is 17.9 Å². The maximum atomic E-state index is 11.1. The molecule has 1 atom stereocenters. The van der Waals surface area contributed by atoms with Crippen molar-refractivity contribution in [1.29, 1.82) is 0 Å². The number of hydrogen-bond donors (Lipinski definition) is 1. The highest BCUT2D eigenvalue weighted by molar-refractivity contribution is 6.07. The van der Waals surface area contributed by atoms with Gasteiger partial charge in [0.15, 0.2) is 6.10 Å². The van der Waals surface area contributed by atoms with Gasteiger partial charge in [-0.2, -0.15) is 0 Å². The average molecular weight is 390 g/mol. The number of para-hydroxylation sites is 1. The predicted octanol–water partition coefficient (Wildman–Crippen LogP) is 3.91. The van der Waals surface area contributed by atoms with E-state index in [0.717, 1.165) is 22.3 Å². The number of fused-ring (bicyclic) bond motifs is 3. The Morgan fingerprint density at radius 3 is 2.59 bits per heavy atom. The van der Waals surface area contributed by atoms with Crippen LogP contribution in [0.25, 0.3) is 21.8 Å². The van der Waals surface area contributed by atoms with Crippen molar-refractivity contribution < 1.29 is 19.4 Å². The summed E-state index contributed by atoms with van der Waals surface area (Å²) < 4.78 is 13.1. The van der Waals surface area contributed by atoms with Gasteiger partial charge in [0, 0.05) is 36.0 Å². The largest absolute Gasteiger partial charge is 0.492 e. The fraction of sp³-hybridized carbons (Fsp3) is 0.217. The molecule has 148 valence electrons. The molecule has 4 rings (SSSR count). The van der Waals surface area contributed by atoms with E-state index in [1.54, 1.807) is 0 Å². The number of aromatic nitrogens is 2. The van der Waals surface area contributed by atoms with Crippen LogP contribution in [0.5, 0.6) is 5.75 Å². The molecule has 0 bridgehead atoms. The first-order valence-electron chi connectivity index (χ1n) is 9.45. The smallest absolute Gasteiger partial charge is 0.333 e. The Hall–Kier alpha value is -3.38. The minimum absolute atomic E-state index is 0.320. The van der Waals surface area contributed by atoms with Crippen LogP contribution >= 0.6 is 0 Å². The van der Waals surface area contributed by atoms with Gasteiger partial charge < -0.3 is 19.1 Å². The van der Waals surface area contributed by atoms with Crippen LogP contribution in [0.1, 0.15) is 5.56 Å². The zero-order chi connectivity index (χ0) is 20.2. The van der Waals surface area contributed by atoms with E-state index >= 15 is 0 Å². The number of aliphatic carboxylic acids is 1. The van der Waals surface area contributed by atoms with Crippen LogP contribution in [0.15, 0.2) is 67.0 Å². The molecule has 4 aromatic rings. The molecule has 1 N–H and O–H groups in total. The third-order valence-electron chi connectivity index (χ3n) is 5.06. The SMILES string of the molecule is CO[C@@H](Cc1ccc(OCCn2c3ccccc3c3ccncc32)cc1)C(=O)O. The van der Waals surface area contributed by atoms with Gasteiger partial charge in [0.1, 0.15) is 12.4 Å². The van der Waals surface area contributed by atoms with Crippen LogP contribution in [0.2, 0.25) is 0 Å². The van der Waals surface area contributed by atoms with Crippen molar-refractivity contribution in [1.82, 2.24) is 9.55 Å². The monoisotopic (exact) mass is 390 g/mol. The first-order valence-corrected chi connectivity index (χ1v) is 9.45. The summed E-state index contributed by atoms with van der Waals surface area (Å²) in [6, 6.07) is 17.8. The van der Waals surface area contributed by atoms with Gasteiger partial charge in [-0.1, -0.05) is 30.3 Å². The molecule has 6 heteroatoms. The topological polar surface area (TPSA) is 73.6 Å². The molecule has 29 heavy (non-hydrogen) atoms. The van der Waals surface area contributed by atoms with Crippen molar-refractivity contribution in [2.45, 2.75) is 19.1 Å². The van der Waals surface area contributed by atoms with Gasteiger partial charge in [0.2, 0.25) is 0 Å². The van der Waals surface area contributed by atoms with Crippen molar-refractivity contribution in [3.8, 4) is 5.75 Å². The number of nitrogens with zero attached hydrogens (tertiary/aromatic N) is 2. The highest BCUT2D eigenvalue weighted by atomic mass is 16.5. The van der Waals surface area contributed by atoms with Crippen LogP contribution < -0.4 is 4.74 Å². The number of benzene rings is 2. The Morgan fingerprint density at radius 2 is 1.83 bits per heavy atom. The molecule has 0 unspecified atom stereocenters. The number of methoxy groups -OCH3 is 1. The summed E-state index contributed by atoms with van der Waals surface area (Å²) in [6.07, 6.45) is 3.18. The summed E-state index contributed by atoms with van der Waals surface area (Å²) in [7, 11) is 1.40. The molecular formula is C23H22N2O4. The zero-order valence-corrected chi connectivity index (χ0v) is 16.1. The van der Waals surface area contributed by atoms with Crippen molar-refractivity contribution in [2.24, 2.45) is 0 Å². The Kier molecular flexibility index (Phi) is 5.44. The van der Waals surface area contributed by atoms with Crippen molar-refractivity contribution in [3.05, 3.63) is 72.6 Å². The Balaban J connectivity index is 1.45. The fourth-order valence-electron chi connectivity index (χ4n) is 3.60. The Bertz CT molecular complexity index is 1080. The molecule has 0 spiro atoms. The molecule has 0 aliphatic carbocycles. The van der Waals surface area contributed by atoms with Crippen LogP contribution in [0.3, 0.4) is 0 Å². The van der Waals surface area contributed by atoms with E-state index in [4.69, 9.17) is 14.6 Å². The molecular weight excluding hydrogens is 368 g/mol. The molecule has 0 saturated carbocycles. The highest BCUT2D eigenvalue weighted by Gasteiger charge is 2.16. The second-order valence-electron chi connectivity index (χ2n) is 6.82. The van der Waals surface area contributed by atoms with Crippen LogP contribution in [-0.4, -0.2) is 40.4 Å². The molecule has 2 aromatic heterocycles. The normalized spacial score (nSPS) is 12.3. The van der Waals surface area contributed by atoms with Crippen LogP contribution in [0.4, 0.5) is 0 Å². The first kappa shape index (κ1) is 19.0. The van der Waals surface area contributed by atoms with Crippen molar-refractivity contribution >= 4 is 27.8 Å². The average Bonchev–Trinajstić information content (AvgIpc) is 3.07. The van der Waals surface area contributed by atoms with Crippen molar-refractivity contribution in [3.63, 3.8) is 0 Å². The van der Waals surface area contributed by atoms with Crippen LogP contribution in [0, 0.1) is 0 Å². The number of carboxylic acid groups (broad SMARTS) is 1. The lowest BCUT2D eigenvalue weighted by Crippen LogP contribution is -2.24. The summed E-state index contributed by atoms with van der Waals surface area (Å²) in [6.45, 7) is 1.21. The summed E-state index contributed by atoms with van der Waals surface area (Å²) >= 11 is 0. The molecule has 0 amide bonds. The Labute approximate surface area is 168 Å². The van der Waals surface area contributed by atoms with E-state index in [2.05, 4.69) is 21.7 Å². The van der Waals surface area contributed by atoms with Gasteiger partial charge in [-0.15, -0.1) is 0 Å². The van der Waals surface area contributed by atoms with Crippen molar-refractivity contribution in [2.75, 3.05) is 13.7 Å². The number of ether oxygens (including phenoxy) is 2. The molecule has 0 fully saturated rings. The maximum Gasteiger partial charge on any atom is 0.333 e. The molecule has 0 radical (unpaired) electrons. The molecule has 2 heterocycles. The summed E-state index contributed by atoms with van der Waals surface area (Å²) in [5.41, 5.74) is 3.14. The second-order valence-corrected chi connectivity index (χ2v) is 6.82. The number of pyridine rings is 1. The quantitative estimate of drug-likeness (QED) is 0.494. The third-order valence-corrected chi connectivity index (χ3v) is 5.06. The van der Waals surface area contributed by atoms with Gasteiger partial charge in [-0.25, -0.2) is 4.79 Å². The molecule has 0 saturated heterocycles. The van der Waals surface area contributed by atoms with E-state index in [1.807, 2.05) is 54.9 Å². The van der Waals surface area contributed by atoms with Gasteiger partial charge in [0.05, 0.1) is 18.3 Å². The molecule has 6 nitrogen and oxygen atoms in total. The highest BCUT2D eigenvalue weighted by Crippen LogP contribution is 2.28. The molecule has 0 aliphatic heterocycles. The van der Waals surface area contributed by atoms with Crippen LogP contribution in [-0.2, 0) is 22.5 Å². The molecule has 0 aliphatic rings. The minimum Gasteiger partial charge on any atom is -0.492 e.